The van der Waals surface area contributed by atoms with Crippen molar-refractivity contribution < 1.29 is 8.83 Å². The molecule has 0 unspecified atom stereocenters. The van der Waals surface area contributed by atoms with Crippen LogP contribution >= 0.6 is 0 Å². The topological polar surface area (TPSA) is 149 Å². The molecule has 12 aromatic carbocycles. The second kappa shape index (κ2) is 24.5. The lowest BCUT2D eigenvalue weighted by Crippen LogP contribution is -2.03. The molecular formula is C92H56N12O2. The SMILES string of the molecule is c1ccc2ncc(-c3nc4ccccc4n3-c3cc(-c4ccc5c(c4)oc4ccccc45)cc(-n4c(-c5cnc6ccccc6c5)nc5ccccc54)c3)cc2c1.c1cncc(-c2nc3ccccc3n2-c2cc(-c3ccc4oc5ccccc5c4c3)cc(-n3c(-c4cccnc4)nc4ccccc43)c2)c1. The summed E-state index contributed by atoms with van der Waals surface area (Å²) in [5.74, 6) is 3.24. The van der Waals surface area contributed by atoms with Crippen LogP contribution < -0.4 is 0 Å². The van der Waals surface area contributed by atoms with Crippen LogP contribution in [0.15, 0.2) is 349 Å². The van der Waals surface area contributed by atoms with E-state index >= 15 is 0 Å². The first kappa shape index (κ1) is 60.0. The number of fused-ring (bicyclic) bond motifs is 12. The van der Waals surface area contributed by atoms with Crippen LogP contribution in [0.1, 0.15) is 0 Å². The molecule has 10 aromatic heterocycles. The van der Waals surface area contributed by atoms with Gasteiger partial charge in [0, 0.05) is 91.8 Å². The fourth-order valence-electron chi connectivity index (χ4n) is 15.2. The zero-order chi connectivity index (χ0) is 69.8. The number of benzene rings is 12. The van der Waals surface area contributed by atoms with E-state index in [1.165, 1.54) is 0 Å². The second-order valence-electron chi connectivity index (χ2n) is 26.4. The molecule has 0 aliphatic carbocycles. The van der Waals surface area contributed by atoms with Crippen LogP contribution in [0.5, 0.6) is 0 Å². The highest BCUT2D eigenvalue weighted by Gasteiger charge is 2.24. The van der Waals surface area contributed by atoms with E-state index in [4.69, 9.17) is 38.7 Å². The summed E-state index contributed by atoms with van der Waals surface area (Å²) < 4.78 is 21.6. The predicted molar refractivity (Wildman–Crippen MR) is 425 cm³/mol. The third kappa shape index (κ3) is 10.2. The van der Waals surface area contributed by atoms with Crippen molar-refractivity contribution in [2.45, 2.75) is 0 Å². The third-order valence-corrected chi connectivity index (χ3v) is 20.0. The molecule has 0 radical (unpaired) electrons. The Bertz CT molecular complexity index is 6930. The average molecular weight is 1360 g/mol. The molecule has 14 nitrogen and oxygen atoms in total. The summed E-state index contributed by atoms with van der Waals surface area (Å²) in [6.45, 7) is 0. The Balaban J connectivity index is 0.000000138. The van der Waals surface area contributed by atoms with Gasteiger partial charge >= 0.3 is 0 Å². The number of imidazole rings is 4. The Morgan fingerprint density at radius 1 is 0.217 bits per heavy atom. The van der Waals surface area contributed by atoms with Crippen LogP contribution in [-0.2, 0) is 0 Å². The van der Waals surface area contributed by atoms with Crippen LogP contribution in [0, 0.1) is 0 Å². The van der Waals surface area contributed by atoms with Gasteiger partial charge in [0.2, 0.25) is 0 Å². The average Bonchev–Trinajstić information content (AvgIpc) is 1.58. The van der Waals surface area contributed by atoms with Gasteiger partial charge in [-0.1, -0.05) is 133 Å². The summed E-state index contributed by atoms with van der Waals surface area (Å²) in [6, 6.07) is 105. The van der Waals surface area contributed by atoms with Gasteiger partial charge in [0.05, 0.1) is 77.9 Å². The zero-order valence-electron chi connectivity index (χ0n) is 56.5. The van der Waals surface area contributed by atoms with E-state index in [1.807, 2.05) is 122 Å². The summed E-state index contributed by atoms with van der Waals surface area (Å²) in [5, 5.41) is 6.47. The van der Waals surface area contributed by atoms with E-state index in [9.17, 15) is 0 Å². The number of furan rings is 2. The van der Waals surface area contributed by atoms with Crippen molar-refractivity contribution in [1.29, 1.82) is 0 Å². The Morgan fingerprint density at radius 3 is 1.03 bits per heavy atom. The summed E-state index contributed by atoms with van der Waals surface area (Å²) in [6.07, 6.45) is 11.2. The van der Waals surface area contributed by atoms with E-state index in [0.29, 0.717) is 0 Å². The molecule has 0 fully saturated rings. The summed E-state index contributed by atoms with van der Waals surface area (Å²) >= 11 is 0. The van der Waals surface area contributed by atoms with Gasteiger partial charge < -0.3 is 8.83 Å². The van der Waals surface area contributed by atoms with Crippen molar-refractivity contribution in [2.75, 3.05) is 0 Å². The van der Waals surface area contributed by atoms with Gasteiger partial charge in [-0.3, -0.25) is 38.2 Å². The Hall–Kier alpha value is -14.8. The van der Waals surface area contributed by atoms with Crippen molar-refractivity contribution in [3.8, 4) is 90.6 Å². The smallest absolute Gasteiger partial charge is 0.147 e. The maximum atomic E-state index is 6.41. The van der Waals surface area contributed by atoms with Crippen LogP contribution in [0.2, 0.25) is 0 Å². The highest BCUT2D eigenvalue weighted by molar-refractivity contribution is 6.08. The van der Waals surface area contributed by atoms with Gasteiger partial charge in [-0.15, -0.1) is 0 Å². The molecule has 0 saturated heterocycles. The highest BCUT2D eigenvalue weighted by atomic mass is 16.3. The number of para-hydroxylation sites is 12. The molecular weight excluding hydrogens is 1310 g/mol. The monoisotopic (exact) mass is 1360 g/mol. The molecule has 0 N–H and O–H groups in total. The zero-order valence-corrected chi connectivity index (χ0v) is 56.5. The quantitative estimate of drug-likeness (QED) is 0.129. The minimum atomic E-state index is 0.805. The first-order chi connectivity index (χ1) is 52.5. The van der Waals surface area contributed by atoms with Crippen LogP contribution in [-0.4, -0.2) is 58.1 Å². The fraction of sp³-hybridized carbons (Fsp3) is 0. The maximum Gasteiger partial charge on any atom is 0.147 e. The number of pyridine rings is 4. The van der Waals surface area contributed by atoms with Gasteiger partial charge in [-0.05, 0) is 192 Å². The van der Waals surface area contributed by atoms with Gasteiger partial charge in [-0.2, -0.15) is 0 Å². The lowest BCUT2D eigenvalue weighted by molar-refractivity contribution is 0.668. The normalized spacial score (nSPS) is 11.8. The predicted octanol–water partition coefficient (Wildman–Crippen LogP) is 22.4. The molecule has 0 amide bonds. The van der Waals surface area contributed by atoms with E-state index in [1.54, 1.807) is 12.4 Å². The minimum Gasteiger partial charge on any atom is -0.456 e. The van der Waals surface area contributed by atoms with Gasteiger partial charge in [0.15, 0.2) is 0 Å². The summed E-state index contributed by atoms with van der Waals surface area (Å²) in [4.78, 5) is 39.3. The highest BCUT2D eigenvalue weighted by Crippen LogP contribution is 2.42. The molecule has 22 rings (SSSR count). The molecule has 10 heterocycles. The van der Waals surface area contributed by atoms with E-state index in [-0.39, 0.29) is 0 Å². The Morgan fingerprint density at radius 2 is 0.575 bits per heavy atom. The first-order valence-corrected chi connectivity index (χ1v) is 35.1. The van der Waals surface area contributed by atoms with Crippen molar-refractivity contribution in [2.24, 2.45) is 0 Å². The molecule has 14 heteroatoms. The summed E-state index contributed by atoms with van der Waals surface area (Å²) in [5.41, 5.74) is 24.6. The maximum absolute atomic E-state index is 6.41. The number of nitrogens with zero attached hydrogens (tertiary/aromatic N) is 12. The Labute approximate surface area is 604 Å². The van der Waals surface area contributed by atoms with E-state index < -0.39 is 0 Å². The fourth-order valence-corrected chi connectivity index (χ4v) is 15.2. The van der Waals surface area contributed by atoms with E-state index in [0.717, 1.165) is 200 Å². The largest absolute Gasteiger partial charge is 0.456 e. The van der Waals surface area contributed by atoms with Gasteiger partial charge in [0.25, 0.3) is 0 Å². The summed E-state index contributed by atoms with van der Waals surface area (Å²) in [7, 11) is 0. The number of aromatic nitrogens is 12. The standard InChI is InChI=1S/C50H30N6O.C42H26N6O/c1-4-14-41-32(11-1)23-35(29-51-41)49-53-43-16-6-8-18-45(43)55(49)37-25-34(31-21-22-40-39-13-3-10-20-47(39)57-48(40)27-31)26-38(28-37)56-46-19-9-7-17-44(46)54-50(56)36-24-33-12-2-5-15-42(33)52-30-36;1-6-16-39-33(11-1)34-23-27(17-18-40(34)49-39)30-21-31(47-37-14-4-2-12-35(37)45-41(47)28-9-7-19-43-25-28)24-32(22-30)48-38-15-5-3-13-36(38)46-42(48)29-10-8-20-44-26-29/h1-30H;1-26H. The molecule has 0 atom stereocenters. The van der Waals surface area contributed by atoms with Gasteiger partial charge in [-0.25, -0.2) is 19.9 Å². The number of hydrogen-bond acceptors (Lipinski definition) is 10. The second-order valence-corrected chi connectivity index (χ2v) is 26.4. The number of rotatable bonds is 10. The third-order valence-electron chi connectivity index (χ3n) is 20.0. The molecule has 0 saturated carbocycles. The van der Waals surface area contributed by atoms with Crippen molar-refractivity contribution in [1.82, 2.24) is 58.1 Å². The van der Waals surface area contributed by atoms with Crippen LogP contribution in [0.3, 0.4) is 0 Å². The van der Waals surface area contributed by atoms with E-state index in [2.05, 4.69) is 234 Å². The molecule has 496 valence electrons. The molecule has 0 aliphatic rings. The van der Waals surface area contributed by atoms with Crippen molar-refractivity contribution in [3.05, 3.63) is 340 Å². The Kier molecular flexibility index (Phi) is 13.9. The molecule has 0 aliphatic heterocycles. The molecule has 0 bridgehead atoms. The molecule has 106 heavy (non-hydrogen) atoms. The molecule has 0 spiro atoms. The lowest BCUT2D eigenvalue weighted by Gasteiger charge is -2.17. The number of hydrogen-bond donors (Lipinski definition) is 0. The van der Waals surface area contributed by atoms with Crippen LogP contribution in [0.25, 0.3) is 200 Å². The minimum absolute atomic E-state index is 0.805. The lowest BCUT2D eigenvalue weighted by atomic mass is 10.0. The van der Waals surface area contributed by atoms with Crippen molar-refractivity contribution in [3.63, 3.8) is 0 Å². The van der Waals surface area contributed by atoms with Crippen molar-refractivity contribution >= 4 is 110 Å². The molecule has 22 aromatic rings. The first-order valence-electron chi connectivity index (χ1n) is 35.1. The van der Waals surface area contributed by atoms with Gasteiger partial charge in [0.1, 0.15) is 45.6 Å². The van der Waals surface area contributed by atoms with Crippen LogP contribution in [0.4, 0.5) is 0 Å².